The van der Waals surface area contributed by atoms with Crippen molar-refractivity contribution >= 4 is 29.3 Å². The predicted octanol–water partition coefficient (Wildman–Crippen LogP) is 1.33. The molecule has 10 heteroatoms. The Morgan fingerprint density at radius 2 is 1.92 bits per heavy atom. The Bertz CT molecular complexity index is 1150. The van der Waals surface area contributed by atoms with E-state index in [1.165, 1.54) is 18.2 Å². The fraction of sp³-hybridized carbons (Fsp3) is 0.654. The number of hydrogen-bond acceptors (Lipinski definition) is 9. The van der Waals surface area contributed by atoms with Crippen LogP contribution in [0.5, 0.6) is 0 Å². The van der Waals surface area contributed by atoms with Gasteiger partial charge in [-0.15, -0.1) is 0 Å². The molecule has 0 aromatic rings. The second kappa shape index (κ2) is 8.41. The van der Waals surface area contributed by atoms with Gasteiger partial charge in [0.25, 0.3) is 0 Å². The zero-order valence-corrected chi connectivity index (χ0v) is 20.6. The molecular formula is C26H31FO9. The largest absolute Gasteiger partial charge is 0.459 e. The molecular weight excluding hydrogens is 475 g/mol. The zero-order chi connectivity index (χ0) is 28.3. The molecule has 0 aromatic heterocycles. The summed E-state index contributed by atoms with van der Waals surface area (Å²) in [6.45, 7) is 4.44. The van der Waals surface area contributed by atoms with E-state index in [2.05, 4.69) is 0 Å². The molecule has 4 rings (SSSR count). The van der Waals surface area contributed by atoms with Gasteiger partial charge in [0, 0.05) is 30.6 Å². The van der Waals surface area contributed by atoms with Crippen LogP contribution in [0.25, 0.3) is 0 Å². The van der Waals surface area contributed by atoms with E-state index in [0.717, 1.165) is 13.8 Å². The molecule has 196 valence electrons. The van der Waals surface area contributed by atoms with Crippen LogP contribution >= 0.6 is 0 Å². The molecule has 3 saturated carbocycles. The minimum atomic E-state index is -2.37. The van der Waals surface area contributed by atoms with Crippen molar-refractivity contribution in [3.63, 3.8) is 0 Å². The number of carbonyl (C=O) groups is 5. The number of ketones is 3. The molecule has 4 aliphatic carbocycles. The molecule has 0 aliphatic heterocycles. The van der Waals surface area contributed by atoms with Gasteiger partial charge >= 0.3 is 11.9 Å². The Morgan fingerprint density at radius 1 is 1.19 bits per heavy atom. The van der Waals surface area contributed by atoms with Crippen molar-refractivity contribution < 1.29 is 48.1 Å². The van der Waals surface area contributed by atoms with E-state index < -0.39 is 76.3 Å². The summed E-state index contributed by atoms with van der Waals surface area (Å²) in [5.74, 6) is -5.91. The molecule has 0 spiro atoms. The van der Waals surface area contributed by atoms with Crippen molar-refractivity contribution in [1.29, 1.82) is 2.86 Å². The van der Waals surface area contributed by atoms with Gasteiger partial charge in [-0.1, -0.05) is 18.6 Å². The van der Waals surface area contributed by atoms with Gasteiger partial charge in [-0.05, 0) is 50.7 Å². The van der Waals surface area contributed by atoms with Crippen LogP contribution in [-0.4, -0.2) is 72.5 Å². The summed E-state index contributed by atoms with van der Waals surface area (Å²) in [4.78, 5) is 62.0. The molecule has 4 aliphatic rings. The number of carbonyl (C=O) groups excluding carboxylic acids is 5. The lowest BCUT2D eigenvalue weighted by atomic mass is 9.44. The fourth-order valence-electron chi connectivity index (χ4n) is 7.33. The highest BCUT2D eigenvalue weighted by atomic mass is 19.1. The zero-order valence-electron chi connectivity index (χ0n) is 22.6. The molecule has 0 aromatic carbocycles. The molecule has 0 radical (unpaired) electrons. The third-order valence-corrected chi connectivity index (χ3v) is 9.08. The van der Waals surface area contributed by atoms with E-state index in [1.807, 2.05) is 0 Å². The second-order valence-electron chi connectivity index (χ2n) is 10.8. The van der Waals surface area contributed by atoms with Crippen molar-refractivity contribution in [3.05, 3.63) is 23.8 Å². The lowest BCUT2D eigenvalue weighted by Gasteiger charge is -2.62. The number of halogens is 1. The number of rotatable bonds is 7. The van der Waals surface area contributed by atoms with Gasteiger partial charge in [0.05, 0.1) is 6.10 Å². The molecule has 1 unspecified atom stereocenters. The van der Waals surface area contributed by atoms with E-state index >= 15 is 4.39 Å². The quantitative estimate of drug-likeness (QED) is 0.384. The number of allylic oxidation sites excluding steroid dienone is 4. The summed E-state index contributed by atoms with van der Waals surface area (Å²) < 4.78 is 43.6. The normalized spacial score (nSPS) is 43.7. The van der Waals surface area contributed by atoms with E-state index in [4.69, 9.17) is 22.6 Å². The Hall–Kier alpha value is -2.72. The maximum atomic E-state index is 17.6. The van der Waals surface area contributed by atoms with Crippen LogP contribution in [0.3, 0.4) is 0 Å². The van der Waals surface area contributed by atoms with Crippen LogP contribution in [-0.2, 0) is 33.4 Å². The molecule has 0 amide bonds. The monoisotopic (exact) mass is 508 g/mol. The van der Waals surface area contributed by atoms with Crippen molar-refractivity contribution in [3.8, 4) is 0 Å². The predicted molar refractivity (Wildman–Crippen MR) is 121 cm³/mol. The molecule has 9 nitrogen and oxygen atoms in total. The number of alkyl halides is 1. The first-order valence-corrected chi connectivity index (χ1v) is 12.0. The fourth-order valence-corrected chi connectivity index (χ4v) is 7.33. The number of aliphatic hydroxyl groups is 2. The number of ether oxygens (including phenoxy) is 2. The van der Waals surface area contributed by atoms with Gasteiger partial charge in [0.15, 0.2) is 23.7 Å². The standard InChI is InChI=1S/C26H31FO9/c1-13(28)35-12-19(31)22(33)26(34)21(36-14(2)29)10-18-17-6-5-15-9-16(30)7-8-23(15,3)25(17,27)20(32)11-24(18,26)4/h7-9,17-18,20-21,32,34H,5-6,10-12H2,1-4H3/t17-,18-,20-,21+,23-,24-,25?,26+/m0/s1/i32D,34D. The molecule has 2 N–H and O–H groups in total. The molecule has 0 heterocycles. The SMILES string of the molecule is [2H]O[C@H]1C[C@@]2(C)[C@@H](C[C@@H](OC(C)=O)[C@@]2(O[2H])C(=O)C(=O)COC(C)=O)[C@@H]2CCC3=CC(=O)C=C[C@]3(C)C12F. The van der Waals surface area contributed by atoms with Crippen LogP contribution < -0.4 is 0 Å². The van der Waals surface area contributed by atoms with Gasteiger partial charge in [-0.25, -0.2) is 4.39 Å². The molecule has 0 bridgehead atoms. The van der Waals surface area contributed by atoms with Gasteiger partial charge in [-0.2, -0.15) is 0 Å². The van der Waals surface area contributed by atoms with E-state index in [1.54, 1.807) is 13.8 Å². The lowest BCUT2D eigenvalue weighted by molar-refractivity contribution is -0.222. The van der Waals surface area contributed by atoms with Crippen LogP contribution in [0, 0.1) is 22.7 Å². The van der Waals surface area contributed by atoms with Crippen molar-refractivity contribution in [2.24, 2.45) is 22.7 Å². The molecule has 36 heavy (non-hydrogen) atoms. The number of aliphatic hydroxyl groups excluding tert-OH is 1. The Balaban J connectivity index is 1.86. The minimum Gasteiger partial charge on any atom is -0.459 e. The Kier molecular flexibility index (Phi) is 5.53. The molecule has 0 saturated heterocycles. The summed E-state index contributed by atoms with van der Waals surface area (Å²) in [6.07, 6.45) is 1.44. The number of Topliss-reactive ketones (excluding diaryl/α,β-unsaturated/α-hetero) is 2. The van der Waals surface area contributed by atoms with Crippen LogP contribution in [0.2, 0.25) is 0 Å². The summed E-state index contributed by atoms with van der Waals surface area (Å²) in [6, 6.07) is 0. The number of esters is 2. The first-order chi connectivity index (χ1) is 17.7. The highest BCUT2D eigenvalue weighted by Gasteiger charge is 2.77. The first-order valence-electron chi connectivity index (χ1n) is 12.8. The van der Waals surface area contributed by atoms with E-state index in [9.17, 15) is 24.0 Å². The lowest BCUT2D eigenvalue weighted by Crippen LogP contribution is -2.70. The second-order valence-corrected chi connectivity index (χ2v) is 10.8. The minimum absolute atomic E-state index is 0.0969. The summed E-state index contributed by atoms with van der Waals surface area (Å²) in [5.41, 5.74) is -6.79. The van der Waals surface area contributed by atoms with Gasteiger partial charge in [-0.3, -0.25) is 24.0 Å². The molecule has 3 fully saturated rings. The Morgan fingerprint density at radius 3 is 2.53 bits per heavy atom. The average Bonchev–Trinajstić information content (AvgIpc) is 3.09. The van der Waals surface area contributed by atoms with Gasteiger partial charge in [0.1, 0.15) is 6.10 Å². The van der Waals surface area contributed by atoms with Crippen molar-refractivity contribution in [2.75, 3.05) is 6.61 Å². The van der Waals surface area contributed by atoms with Gasteiger partial charge in [0.2, 0.25) is 14.4 Å². The van der Waals surface area contributed by atoms with E-state index in [0.29, 0.717) is 12.0 Å². The maximum absolute atomic E-state index is 17.6. The van der Waals surface area contributed by atoms with Crippen LogP contribution in [0.15, 0.2) is 23.8 Å². The topological polar surface area (TPSA) is 144 Å². The highest BCUT2D eigenvalue weighted by molar-refractivity contribution is 6.41. The van der Waals surface area contributed by atoms with Crippen LogP contribution in [0.4, 0.5) is 4.39 Å². The smallest absolute Gasteiger partial charge is 0.303 e. The Labute approximate surface area is 210 Å². The third-order valence-electron chi connectivity index (χ3n) is 9.08. The summed E-state index contributed by atoms with van der Waals surface area (Å²) in [7, 11) is 0. The summed E-state index contributed by atoms with van der Waals surface area (Å²) >= 11 is 0. The van der Waals surface area contributed by atoms with E-state index in [-0.39, 0.29) is 25.0 Å². The number of hydrogen-bond donors (Lipinski definition) is 2. The van der Waals surface area contributed by atoms with Crippen LogP contribution in [0.1, 0.15) is 53.4 Å². The third kappa shape index (κ3) is 3.37. The first kappa shape index (κ1) is 23.7. The van der Waals surface area contributed by atoms with Gasteiger partial charge < -0.3 is 19.7 Å². The maximum Gasteiger partial charge on any atom is 0.303 e. The molecule has 8 atom stereocenters. The average molecular weight is 509 g/mol. The van der Waals surface area contributed by atoms with Crippen molar-refractivity contribution in [1.82, 2.24) is 0 Å². The summed E-state index contributed by atoms with van der Waals surface area (Å²) in [5, 5.41) is 10.1. The highest BCUT2D eigenvalue weighted by Crippen LogP contribution is 2.70. The van der Waals surface area contributed by atoms with Crippen molar-refractivity contribution in [2.45, 2.75) is 76.9 Å². The number of fused-ring (bicyclic) bond motifs is 5.